The summed E-state index contributed by atoms with van der Waals surface area (Å²) in [6, 6.07) is 7.21. The molecule has 3 aliphatic rings. The van der Waals surface area contributed by atoms with Crippen LogP contribution in [0.25, 0.3) is 0 Å². The summed E-state index contributed by atoms with van der Waals surface area (Å²) < 4.78 is 19.7. The average molecular weight is 482 g/mol. The number of rotatable bonds is 7. The Balaban J connectivity index is 1.60. The second-order valence-electron chi connectivity index (χ2n) is 10.4. The van der Waals surface area contributed by atoms with Gasteiger partial charge < -0.3 is 20.9 Å². The second-order valence-corrected chi connectivity index (χ2v) is 10.4. The number of nitrogens with zero attached hydrogens (tertiary/aromatic N) is 1. The Morgan fingerprint density at radius 1 is 1.20 bits per heavy atom. The summed E-state index contributed by atoms with van der Waals surface area (Å²) in [5.74, 6) is -0.405. The summed E-state index contributed by atoms with van der Waals surface area (Å²) in [5.41, 5.74) is 4.96. The molecule has 0 radical (unpaired) electrons. The van der Waals surface area contributed by atoms with E-state index in [0.29, 0.717) is 22.6 Å². The summed E-state index contributed by atoms with van der Waals surface area (Å²) >= 11 is 0. The highest BCUT2D eigenvalue weighted by Gasteiger charge is 2.47. The number of amides is 2. The molecule has 2 fully saturated rings. The molecule has 0 unspecified atom stereocenters. The number of carbonyl (C=O) groups is 2. The lowest BCUT2D eigenvalue weighted by molar-refractivity contribution is -0.126. The fourth-order valence-electron chi connectivity index (χ4n) is 5.40. The molecule has 0 spiro atoms. The van der Waals surface area contributed by atoms with E-state index in [1.807, 2.05) is 0 Å². The number of carbonyl (C=O) groups excluding carboxylic acids is 2. The number of benzene rings is 1. The van der Waals surface area contributed by atoms with Crippen molar-refractivity contribution in [3.63, 3.8) is 0 Å². The third-order valence-corrected chi connectivity index (χ3v) is 8.12. The van der Waals surface area contributed by atoms with Crippen LogP contribution in [-0.4, -0.2) is 35.1 Å². The molecule has 35 heavy (non-hydrogen) atoms. The lowest BCUT2D eigenvalue weighted by Crippen LogP contribution is -2.44. The van der Waals surface area contributed by atoms with Crippen LogP contribution in [0.2, 0.25) is 0 Å². The van der Waals surface area contributed by atoms with Crippen LogP contribution in [0.15, 0.2) is 30.3 Å². The number of hydrogen-bond donors (Lipinski definition) is 3. The van der Waals surface area contributed by atoms with E-state index >= 15 is 0 Å². The number of aromatic nitrogens is 1. The van der Waals surface area contributed by atoms with E-state index in [1.165, 1.54) is 24.3 Å². The molecular weight excluding hydrogens is 449 g/mol. The number of primary amides is 1. The van der Waals surface area contributed by atoms with Gasteiger partial charge in [-0.25, -0.2) is 4.39 Å². The van der Waals surface area contributed by atoms with Crippen LogP contribution >= 0.6 is 0 Å². The molecule has 5 rings (SSSR count). The first-order valence-electron chi connectivity index (χ1n) is 12.5. The molecule has 2 heterocycles. The van der Waals surface area contributed by atoms with Gasteiger partial charge in [-0.1, -0.05) is 31.4 Å². The van der Waals surface area contributed by atoms with Crippen molar-refractivity contribution in [1.82, 2.24) is 10.3 Å². The molecule has 1 aliphatic heterocycles. The van der Waals surface area contributed by atoms with E-state index in [0.717, 1.165) is 44.9 Å². The highest BCUT2D eigenvalue weighted by molar-refractivity contribution is 5.88. The van der Waals surface area contributed by atoms with Crippen molar-refractivity contribution in [2.45, 2.75) is 68.8 Å². The van der Waals surface area contributed by atoms with Gasteiger partial charge in [0.05, 0.1) is 17.9 Å². The van der Waals surface area contributed by atoms with E-state index < -0.39 is 22.7 Å². The van der Waals surface area contributed by atoms with Crippen molar-refractivity contribution < 1.29 is 23.8 Å². The fourth-order valence-corrected chi connectivity index (χ4v) is 5.40. The highest BCUT2D eigenvalue weighted by atomic mass is 19.1. The molecule has 186 valence electrons. The first kappa shape index (κ1) is 23.7. The molecule has 1 aromatic heterocycles. The van der Waals surface area contributed by atoms with Crippen LogP contribution in [0, 0.1) is 11.7 Å². The van der Waals surface area contributed by atoms with Crippen LogP contribution in [-0.2, 0) is 20.6 Å². The molecule has 2 atom stereocenters. The maximum absolute atomic E-state index is 13.8. The monoisotopic (exact) mass is 481 g/mol. The smallest absolute Gasteiger partial charge is 0.231 e. The summed E-state index contributed by atoms with van der Waals surface area (Å²) in [6.07, 6.45) is 6.64. The van der Waals surface area contributed by atoms with Crippen LogP contribution in [0.5, 0.6) is 5.75 Å². The van der Waals surface area contributed by atoms with Gasteiger partial charge in [0.15, 0.2) is 0 Å². The van der Waals surface area contributed by atoms with Crippen LogP contribution in [0.1, 0.15) is 80.3 Å². The number of ether oxygens (including phenoxy) is 1. The van der Waals surface area contributed by atoms with Gasteiger partial charge in [0.1, 0.15) is 29.2 Å². The zero-order valence-corrected chi connectivity index (χ0v) is 20.0. The third kappa shape index (κ3) is 4.07. The number of hydrogen-bond acceptors (Lipinski definition) is 5. The molecule has 0 saturated heterocycles. The summed E-state index contributed by atoms with van der Waals surface area (Å²) in [4.78, 5) is 30.1. The maximum atomic E-state index is 13.8. The Labute approximate surface area is 204 Å². The normalized spacial score (nSPS) is 23.7. The average Bonchev–Trinajstić information content (AvgIpc) is 3.46. The zero-order chi connectivity index (χ0) is 24.8. The molecule has 8 heteroatoms. The van der Waals surface area contributed by atoms with E-state index in [-0.39, 0.29) is 36.6 Å². The van der Waals surface area contributed by atoms with Crippen LogP contribution in [0.3, 0.4) is 0 Å². The molecule has 2 aliphatic carbocycles. The van der Waals surface area contributed by atoms with E-state index in [4.69, 9.17) is 15.5 Å². The van der Waals surface area contributed by atoms with Gasteiger partial charge >= 0.3 is 0 Å². The second kappa shape index (κ2) is 8.90. The van der Waals surface area contributed by atoms with Crippen LogP contribution in [0.4, 0.5) is 4.39 Å². The van der Waals surface area contributed by atoms with Gasteiger partial charge in [-0.2, -0.15) is 0 Å². The molecule has 2 amide bonds. The standard InChI is InChI=1S/C27H32FN3O4/c1-26(25(29)33)15-35-23-20(26)13-21(31-22(23)16-7-4-8-16)27(34,18-9-11-19(28)12-10-18)14-30-24(32)17-5-2-3-6-17/h9-13,16-17,34H,2-8,14-15H2,1H3,(H2,29,33)(H,30,32)/t26-,27+/m0/s1. The summed E-state index contributed by atoms with van der Waals surface area (Å²) in [5, 5.41) is 15.0. The Morgan fingerprint density at radius 3 is 2.49 bits per heavy atom. The summed E-state index contributed by atoms with van der Waals surface area (Å²) in [7, 11) is 0. The maximum Gasteiger partial charge on any atom is 0.231 e. The van der Waals surface area contributed by atoms with Gasteiger partial charge in [-0.05, 0) is 56.4 Å². The van der Waals surface area contributed by atoms with Gasteiger partial charge in [-0.3, -0.25) is 14.6 Å². The highest BCUT2D eigenvalue weighted by Crippen LogP contribution is 2.48. The van der Waals surface area contributed by atoms with Crippen LogP contribution < -0.4 is 15.8 Å². The van der Waals surface area contributed by atoms with E-state index in [1.54, 1.807) is 13.0 Å². The van der Waals surface area contributed by atoms with Gasteiger partial charge in [-0.15, -0.1) is 0 Å². The molecule has 2 saturated carbocycles. The minimum Gasteiger partial charge on any atom is -0.490 e. The molecule has 7 nitrogen and oxygen atoms in total. The first-order chi connectivity index (χ1) is 16.7. The Bertz CT molecular complexity index is 1140. The first-order valence-corrected chi connectivity index (χ1v) is 12.5. The molecule has 0 bridgehead atoms. The minimum absolute atomic E-state index is 0.0717. The SMILES string of the molecule is C[C@]1(C(N)=O)COc2c1cc([C@@](O)(CNC(=O)C1CCCC1)c1ccc(F)cc1)nc2C1CCC1. The Hall–Kier alpha value is -3.00. The number of aliphatic hydroxyl groups is 1. The van der Waals surface area contributed by atoms with Crippen molar-refractivity contribution in [2.24, 2.45) is 11.7 Å². The van der Waals surface area contributed by atoms with Crippen molar-refractivity contribution in [3.05, 3.63) is 58.7 Å². The lowest BCUT2D eigenvalue weighted by atomic mass is 9.77. The number of nitrogens with two attached hydrogens (primary N) is 1. The minimum atomic E-state index is -1.74. The van der Waals surface area contributed by atoms with Gasteiger partial charge in [0.2, 0.25) is 11.8 Å². The van der Waals surface area contributed by atoms with Crippen molar-refractivity contribution in [1.29, 1.82) is 0 Å². The molecule has 1 aromatic carbocycles. The van der Waals surface area contributed by atoms with Crippen molar-refractivity contribution in [3.8, 4) is 5.75 Å². The molecular formula is C27H32FN3O4. The van der Waals surface area contributed by atoms with E-state index in [9.17, 15) is 19.1 Å². The van der Waals surface area contributed by atoms with Gasteiger partial charge in [0, 0.05) is 17.4 Å². The number of fused-ring (bicyclic) bond motifs is 1. The third-order valence-electron chi connectivity index (χ3n) is 8.12. The van der Waals surface area contributed by atoms with Crippen molar-refractivity contribution in [2.75, 3.05) is 13.2 Å². The Kier molecular flexibility index (Phi) is 6.03. The number of halogens is 1. The predicted octanol–water partition coefficient (Wildman–Crippen LogP) is 3.17. The topological polar surface area (TPSA) is 115 Å². The van der Waals surface area contributed by atoms with Gasteiger partial charge in [0.25, 0.3) is 0 Å². The Morgan fingerprint density at radius 2 is 1.89 bits per heavy atom. The predicted molar refractivity (Wildman–Crippen MR) is 127 cm³/mol. The number of nitrogens with one attached hydrogen (secondary N) is 1. The molecule has 2 aromatic rings. The van der Waals surface area contributed by atoms with E-state index in [2.05, 4.69) is 5.32 Å². The largest absolute Gasteiger partial charge is 0.490 e. The number of pyridine rings is 1. The zero-order valence-electron chi connectivity index (χ0n) is 20.0. The summed E-state index contributed by atoms with van der Waals surface area (Å²) in [6.45, 7) is 1.71. The molecule has 4 N–H and O–H groups in total. The quantitative estimate of drug-likeness (QED) is 0.562. The fraction of sp³-hybridized carbons (Fsp3) is 0.519. The van der Waals surface area contributed by atoms with Crippen molar-refractivity contribution >= 4 is 11.8 Å². The lowest BCUT2D eigenvalue weighted by Gasteiger charge is -2.33.